The van der Waals surface area contributed by atoms with E-state index in [2.05, 4.69) is 15.2 Å². The highest BCUT2D eigenvalue weighted by atomic mass is 32.2. The third-order valence-corrected chi connectivity index (χ3v) is 3.21. The van der Waals surface area contributed by atoms with Crippen LogP contribution in [0.4, 0.5) is 0 Å². The van der Waals surface area contributed by atoms with Crippen molar-refractivity contribution in [3.05, 3.63) is 51.4 Å². The Balaban J connectivity index is 2.19. The Morgan fingerprint density at radius 3 is 2.53 bits per heavy atom. The van der Waals surface area contributed by atoms with Crippen LogP contribution >= 0.6 is 11.8 Å². The Morgan fingerprint density at radius 2 is 1.95 bits per heavy atom. The first-order chi connectivity index (χ1) is 9.10. The van der Waals surface area contributed by atoms with Crippen LogP contribution in [0.25, 0.3) is 0 Å². The third kappa shape index (κ3) is 3.29. The van der Waals surface area contributed by atoms with E-state index in [9.17, 15) is 9.59 Å². The van der Waals surface area contributed by atoms with Crippen LogP contribution < -0.4 is 5.56 Å². The fraction of sp³-hybridized carbons (Fsp3) is 0.231. The van der Waals surface area contributed by atoms with E-state index in [1.165, 1.54) is 11.8 Å². The fourth-order valence-electron chi connectivity index (χ4n) is 1.55. The van der Waals surface area contributed by atoms with Crippen molar-refractivity contribution < 1.29 is 4.79 Å². The van der Waals surface area contributed by atoms with Gasteiger partial charge >= 0.3 is 0 Å². The average molecular weight is 275 g/mol. The van der Waals surface area contributed by atoms with Crippen molar-refractivity contribution >= 4 is 17.5 Å². The molecule has 1 aromatic heterocycles. The molecule has 0 unspecified atom stereocenters. The molecule has 19 heavy (non-hydrogen) atoms. The van der Waals surface area contributed by atoms with E-state index in [0.717, 1.165) is 5.56 Å². The number of aryl methyl sites for hydroxylation is 1. The molecule has 0 aliphatic carbocycles. The largest absolute Gasteiger partial charge is 0.298 e. The van der Waals surface area contributed by atoms with Gasteiger partial charge in [-0.15, -0.1) is 10.2 Å². The van der Waals surface area contributed by atoms with Gasteiger partial charge in [-0.05, 0) is 13.2 Å². The van der Waals surface area contributed by atoms with Gasteiger partial charge in [0.2, 0.25) is 0 Å². The molecule has 0 saturated carbocycles. The lowest BCUT2D eigenvalue weighted by Crippen LogP contribution is -2.20. The number of aromatic amines is 1. The Kier molecular flexibility index (Phi) is 4.11. The maximum atomic E-state index is 12.0. The maximum Gasteiger partial charge on any atom is 0.274 e. The zero-order chi connectivity index (χ0) is 13.8. The highest BCUT2D eigenvalue weighted by molar-refractivity contribution is 7.98. The van der Waals surface area contributed by atoms with E-state index < -0.39 is 0 Å². The molecule has 98 valence electrons. The minimum atomic E-state index is -0.361. The molecule has 1 heterocycles. The normalized spacial score (nSPS) is 10.4. The quantitative estimate of drug-likeness (QED) is 0.678. The molecule has 1 aromatic carbocycles. The number of benzene rings is 1. The van der Waals surface area contributed by atoms with Crippen molar-refractivity contribution in [3.63, 3.8) is 0 Å². The van der Waals surface area contributed by atoms with Gasteiger partial charge < -0.3 is 0 Å². The second-order valence-electron chi connectivity index (χ2n) is 4.08. The number of carbonyl (C=O) groups excluding carboxylic acids is 1. The second-order valence-corrected chi connectivity index (χ2v) is 4.87. The molecule has 0 saturated heterocycles. The molecule has 0 atom stereocenters. The van der Waals surface area contributed by atoms with Crippen LogP contribution in [0.2, 0.25) is 0 Å². The number of nitrogens with zero attached hydrogens (tertiary/aromatic N) is 2. The van der Waals surface area contributed by atoms with Crippen LogP contribution in [0.1, 0.15) is 21.6 Å². The number of hydrogen-bond acceptors (Lipinski definition) is 5. The molecule has 6 heteroatoms. The van der Waals surface area contributed by atoms with Gasteiger partial charge in [0.25, 0.3) is 5.56 Å². The van der Waals surface area contributed by atoms with E-state index in [1.54, 1.807) is 18.4 Å². The molecule has 2 rings (SSSR count). The summed E-state index contributed by atoms with van der Waals surface area (Å²) in [5.74, 6) is -0.142. The SMILES string of the molecule is CSc1nnc(CC(=O)c2ccc(C)cc2)c(=O)[nH]1. The van der Waals surface area contributed by atoms with Gasteiger partial charge in [-0.3, -0.25) is 14.6 Å². The van der Waals surface area contributed by atoms with Crippen molar-refractivity contribution in [2.75, 3.05) is 6.26 Å². The number of carbonyl (C=O) groups is 1. The lowest BCUT2D eigenvalue weighted by atomic mass is 10.1. The molecule has 1 N–H and O–H groups in total. The van der Waals surface area contributed by atoms with Crippen molar-refractivity contribution in [3.8, 4) is 0 Å². The third-order valence-electron chi connectivity index (χ3n) is 2.64. The molecular weight excluding hydrogens is 262 g/mol. The molecule has 0 spiro atoms. The first kappa shape index (κ1) is 13.5. The number of H-pyrrole nitrogens is 1. The highest BCUT2D eigenvalue weighted by Gasteiger charge is 2.12. The smallest absolute Gasteiger partial charge is 0.274 e. The monoisotopic (exact) mass is 275 g/mol. The van der Waals surface area contributed by atoms with E-state index in [0.29, 0.717) is 10.7 Å². The summed E-state index contributed by atoms with van der Waals surface area (Å²) in [5.41, 5.74) is 1.43. The molecule has 0 fully saturated rings. The molecule has 0 aliphatic rings. The number of thioether (sulfide) groups is 1. The minimum absolute atomic E-state index is 0.0416. The number of rotatable bonds is 4. The Labute approximate surface area is 114 Å². The van der Waals surface area contributed by atoms with Gasteiger partial charge in [0.1, 0.15) is 5.69 Å². The van der Waals surface area contributed by atoms with Gasteiger partial charge in [-0.1, -0.05) is 41.6 Å². The summed E-state index contributed by atoms with van der Waals surface area (Å²) in [7, 11) is 0. The topological polar surface area (TPSA) is 75.7 Å². The summed E-state index contributed by atoms with van der Waals surface area (Å²) in [6.45, 7) is 1.95. The first-order valence-electron chi connectivity index (χ1n) is 5.70. The second kappa shape index (κ2) is 5.79. The number of Topliss-reactive ketones (excluding diaryl/α,β-unsaturated/α-hetero) is 1. The lowest BCUT2D eigenvalue weighted by molar-refractivity contribution is 0.0991. The number of ketones is 1. The van der Waals surface area contributed by atoms with Crippen molar-refractivity contribution in [1.29, 1.82) is 0 Å². The lowest BCUT2D eigenvalue weighted by Gasteiger charge is -2.01. The van der Waals surface area contributed by atoms with Crippen LogP contribution in [-0.4, -0.2) is 27.2 Å². The maximum absolute atomic E-state index is 12.0. The summed E-state index contributed by atoms with van der Waals surface area (Å²) in [6, 6.07) is 7.21. The molecule has 0 radical (unpaired) electrons. The predicted octanol–water partition coefficient (Wildman–Crippen LogP) is 1.62. The van der Waals surface area contributed by atoms with E-state index in [4.69, 9.17) is 0 Å². The summed E-state index contributed by atoms with van der Waals surface area (Å²) in [6.07, 6.45) is 1.75. The fourth-order valence-corrected chi connectivity index (χ4v) is 1.86. The molecular formula is C13H13N3O2S. The summed E-state index contributed by atoms with van der Waals surface area (Å²) >= 11 is 1.29. The van der Waals surface area contributed by atoms with E-state index in [1.807, 2.05) is 19.1 Å². The average Bonchev–Trinajstić information content (AvgIpc) is 2.41. The summed E-state index contributed by atoms with van der Waals surface area (Å²) in [4.78, 5) is 26.3. The summed E-state index contributed by atoms with van der Waals surface area (Å²) < 4.78 is 0. The zero-order valence-corrected chi connectivity index (χ0v) is 11.5. The predicted molar refractivity (Wildman–Crippen MR) is 73.6 cm³/mol. The Hall–Kier alpha value is -1.95. The van der Waals surface area contributed by atoms with Crippen molar-refractivity contribution in [2.45, 2.75) is 18.5 Å². The standard InChI is InChI=1S/C13H13N3O2S/c1-8-3-5-9(6-4-8)11(17)7-10-12(18)14-13(19-2)16-15-10/h3-6H,7H2,1-2H3,(H,14,16,18). The van der Waals surface area contributed by atoms with Gasteiger partial charge in [0.15, 0.2) is 10.9 Å². The number of hydrogen-bond donors (Lipinski definition) is 1. The number of nitrogens with one attached hydrogen (secondary N) is 1. The molecule has 5 nitrogen and oxygen atoms in total. The molecule has 0 bridgehead atoms. The first-order valence-corrected chi connectivity index (χ1v) is 6.92. The van der Waals surface area contributed by atoms with Crippen LogP contribution in [0, 0.1) is 6.92 Å². The highest BCUT2D eigenvalue weighted by Crippen LogP contribution is 2.07. The number of aromatic nitrogens is 3. The molecule has 0 aliphatic heterocycles. The van der Waals surface area contributed by atoms with Gasteiger partial charge in [0, 0.05) is 5.56 Å². The van der Waals surface area contributed by atoms with Gasteiger partial charge in [-0.2, -0.15) is 0 Å². The van der Waals surface area contributed by atoms with Crippen LogP contribution in [0.15, 0.2) is 34.2 Å². The van der Waals surface area contributed by atoms with Gasteiger partial charge in [0.05, 0.1) is 6.42 Å². The van der Waals surface area contributed by atoms with Crippen LogP contribution in [-0.2, 0) is 6.42 Å². The van der Waals surface area contributed by atoms with Crippen LogP contribution in [0.3, 0.4) is 0 Å². The Bertz CT molecular complexity index is 650. The van der Waals surface area contributed by atoms with E-state index >= 15 is 0 Å². The van der Waals surface area contributed by atoms with E-state index in [-0.39, 0.29) is 23.5 Å². The zero-order valence-electron chi connectivity index (χ0n) is 10.6. The van der Waals surface area contributed by atoms with Crippen LogP contribution in [0.5, 0.6) is 0 Å². The minimum Gasteiger partial charge on any atom is -0.298 e. The molecule has 2 aromatic rings. The van der Waals surface area contributed by atoms with Gasteiger partial charge in [-0.25, -0.2) is 0 Å². The Morgan fingerprint density at radius 1 is 1.26 bits per heavy atom. The van der Waals surface area contributed by atoms with Crippen molar-refractivity contribution in [2.24, 2.45) is 0 Å². The molecule has 0 amide bonds. The van der Waals surface area contributed by atoms with Crippen molar-refractivity contribution in [1.82, 2.24) is 15.2 Å². The summed E-state index contributed by atoms with van der Waals surface area (Å²) in [5, 5.41) is 8.06.